The van der Waals surface area contributed by atoms with Crippen molar-refractivity contribution in [1.29, 1.82) is 0 Å². The molecule has 1 aromatic carbocycles. The fraction of sp³-hybridized carbons (Fsp3) is 0. The monoisotopic (exact) mass is 188 g/mol. The first-order chi connectivity index (χ1) is 6.79. The lowest BCUT2D eigenvalue weighted by molar-refractivity contribution is 0.100. The number of nitrogen functional groups attached to an aromatic ring is 1. The Morgan fingerprint density at radius 1 is 1.36 bits per heavy atom. The van der Waals surface area contributed by atoms with Gasteiger partial charge in [0.05, 0.1) is 11.8 Å². The standard InChI is InChI=1S/C10H8N2O2/c11-8-4-2-1-3-7(8)9(13)10-12-5-6-14-10/h1-6H,11H2. The highest BCUT2D eigenvalue weighted by atomic mass is 16.3. The predicted octanol–water partition coefficient (Wildman–Crippen LogP) is 1.49. The number of nitrogens with zero attached hydrogens (tertiary/aromatic N) is 1. The molecule has 0 amide bonds. The van der Waals surface area contributed by atoms with Crippen molar-refractivity contribution in [3.8, 4) is 0 Å². The Morgan fingerprint density at radius 2 is 2.14 bits per heavy atom. The maximum atomic E-state index is 11.7. The van der Waals surface area contributed by atoms with Crippen LogP contribution in [0.4, 0.5) is 5.69 Å². The summed E-state index contributed by atoms with van der Waals surface area (Å²) < 4.78 is 4.89. The van der Waals surface area contributed by atoms with E-state index in [2.05, 4.69) is 4.98 Å². The van der Waals surface area contributed by atoms with E-state index in [-0.39, 0.29) is 11.7 Å². The van der Waals surface area contributed by atoms with E-state index in [4.69, 9.17) is 10.2 Å². The van der Waals surface area contributed by atoms with Gasteiger partial charge in [0.25, 0.3) is 5.89 Å². The summed E-state index contributed by atoms with van der Waals surface area (Å²) in [4.78, 5) is 15.5. The molecule has 0 spiro atoms. The molecule has 0 bridgehead atoms. The summed E-state index contributed by atoms with van der Waals surface area (Å²) in [6, 6.07) is 6.81. The maximum absolute atomic E-state index is 11.7. The third kappa shape index (κ3) is 1.37. The van der Waals surface area contributed by atoms with Crippen LogP contribution >= 0.6 is 0 Å². The fourth-order valence-corrected chi connectivity index (χ4v) is 1.15. The fourth-order valence-electron chi connectivity index (χ4n) is 1.15. The van der Waals surface area contributed by atoms with Crippen molar-refractivity contribution in [1.82, 2.24) is 4.98 Å². The highest BCUT2D eigenvalue weighted by molar-refractivity contribution is 6.09. The van der Waals surface area contributed by atoms with Crippen LogP contribution in [-0.4, -0.2) is 10.8 Å². The van der Waals surface area contributed by atoms with Crippen molar-refractivity contribution in [2.75, 3.05) is 5.73 Å². The number of oxazole rings is 1. The second kappa shape index (κ2) is 3.33. The summed E-state index contributed by atoms with van der Waals surface area (Å²) in [5.41, 5.74) is 6.48. The summed E-state index contributed by atoms with van der Waals surface area (Å²) in [5, 5.41) is 0. The minimum absolute atomic E-state index is 0.0582. The lowest BCUT2D eigenvalue weighted by Gasteiger charge is -1.99. The lowest BCUT2D eigenvalue weighted by Crippen LogP contribution is -2.05. The maximum Gasteiger partial charge on any atom is 0.268 e. The average molecular weight is 188 g/mol. The number of anilines is 1. The number of hydrogen-bond acceptors (Lipinski definition) is 4. The minimum atomic E-state index is -0.298. The Bertz CT molecular complexity index is 449. The molecule has 2 rings (SSSR count). The molecule has 0 fully saturated rings. The van der Waals surface area contributed by atoms with Crippen molar-refractivity contribution in [2.45, 2.75) is 0 Å². The van der Waals surface area contributed by atoms with E-state index in [1.54, 1.807) is 24.3 Å². The Balaban J connectivity index is 2.42. The van der Waals surface area contributed by atoms with Crippen LogP contribution in [0.5, 0.6) is 0 Å². The van der Waals surface area contributed by atoms with E-state index in [9.17, 15) is 4.79 Å². The zero-order valence-corrected chi connectivity index (χ0v) is 7.31. The molecule has 1 aromatic heterocycles. The molecule has 70 valence electrons. The smallest absolute Gasteiger partial charge is 0.268 e. The number of nitrogens with two attached hydrogens (primary N) is 1. The number of rotatable bonds is 2. The van der Waals surface area contributed by atoms with E-state index < -0.39 is 0 Å². The quantitative estimate of drug-likeness (QED) is 0.572. The molecule has 0 aliphatic carbocycles. The highest BCUT2D eigenvalue weighted by Gasteiger charge is 2.15. The van der Waals surface area contributed by atoms with Crippen LogP contribution in [-0.2, 0) is 0 Å². The molecule has 4 heteroatoms. The number of ketones is 1. The van der Waals surface area contributed by atoms with Crippen LogP contribution < -0.4 is 5.73 Å². The number of hydrogen-bond donors (Lipinski definition) is 1. The average Bonchev–Trinajstić information content (AvgIpc) is 2.70. The third-order valence-corrected chi connectivity index (χ3v) is 1.83. The molecule has 0 aliphatic heterocycles. The summed E-state index contributed by atoms with van der Waals surface area (Å²) in [6.07, 6.45) is 2.78. The molecule has 14 heavy (non-hydrogen) atoms. The van der Waals surface area contributed by atoms with Crippen molar-refractivity contribution in [2.24, 2.45) is 0 Å². The number of benzene rings is 1. The van der Waals surface area contributed by atoms with Gasteiger partial charge in [-0.25, -0.2) is 4.98 Å². The van der Waals surface area contributed by atoms with Gasteiger partial charge in [0.1, 0.15) is 6.26 Å². The molecule has 4 nitrogen and oxygen atoms in total. The first kappa shape index (κ1) is 8.50. The van der Waals surface area contributed by atoms with E-state index in [0.717, 1.165) is 0 Å². The zero-order chi connectivity index (χ0) is 9.97. The van der Waals surface area contributed by atoms with Crippen LogP contribution in [0.3, 0.4) is 0 Å². The number of carbonyl (C=O) groups is 1. The molecule has 2 N–H and O–H groups in total. The molecule has 0 aliphatic rings. The summed E-state index contributed by atoms with van der Waals surface area (Å²) in [7, 11) is 0. The molecule has 1 heterocycles. The second-order valence-electron chi connectivity index (χ2n) is 2.75. The lowest BCUT2D eigenvalue weighted by atomic mass is 10.1. The van der Waals surface area contributed by atoms with Gasteiger partial charge in [-0.15, -0.1) is 0 Å². The van der Waals surface area contributed by atoms with Gasteiger partial charge in [0.2, 0.25) is 5.78 Å². The van der Waals surface area contributed by atoms with Crippen LogP contribution in [0, 0.1) is 0 Å². The largest absolute Gasteiger partial charge is 0.442 e. The number of carbonyl (C=O) groups excluding carboxylic acids is 1. The van der Waals surface area contributed by atoms with E-state index >= 15 is 0 Å². The van der Waals surface area contributed by atoms with Gasteiger partial charge in [-0.3, -0.25) is 4.79 Å². The second-order valence-corrected chi connectivity index (χ2v) is 2.75. The normalized spacial score (nSPS) is 10.0. The number of aromatic nitrogens is 1. The first-order valence-electron chi connectivity index (χ1n) is 4.08. The van der Waals surface area contributed by atoms with Crippen molar-refractivity contribution >= 4 is 11.5 Å². The van der Waals surface area contributed by atoms with Crippen LogP contribution in [0.1, 0.15) is 16.2 Å². The molecule has 2 aromatic rings. The topological polar surface area (TPSA) is 69.1 Å². The summed E-state index contributed by atoms with van der Waals surface area (Å²) in [5.74, 6) is -0.240. The Hall–Kier alpha value is -2.10. The van der Waals surface area contributed by atoms with Gasteiger partial charge in [-0.05, 0) is 12.1 Å². The molecular weight excluding hydrogens is 180 g/mol. The van der Waals surface area contributed by atoms with E-state index in [1.807, 2.05) is 0 Å². The van der Waals surface area contributed by atoms with Gasteiger partial charge < -0.3 is 10.2 Å². The Kier molecular flexibility index (Phi) is 2.02. The molecule has 0 unspecified atom stereocenters. The Morgan fingerprint density at radius 3 is 2.79 bits per heavy atom. The SMILES string of the molecule is Nc1ccccc1C(=O)c1ncco1. The molecular formula is C10H8N2O2. The molecule has 0 saturated carbocycles. The van der Waals surface area contributed by atoms with E-state index in [0.29, 0.717) is 11.3 Å². The summed E-state index contributed by atoms with van der Waals surface area (Å²) >= 11 is 0. The van der Waals surface area contributed by atoms with Gasteiger partial charge in [0, 0.05) is 5.69 Å². The van der Waals surface area contributed by atoms with E-state index in [1.165, 1.54) is 12.5 Å². The van der Waals surface area contributed by atoms with Gasteiger partial charge >= 0.3 is 0 Å². The molecule has 0 saturated heterocycles. The minimum Gasteiger partial charge on any atom is -0.442 e. The first-order valence-corrected chi connectivity index (χ1v) is 4.08. The molecule has 0 atom stereocenters. The number of para-hydroxylation sites is 1. The van der Waals surface area contributed by atoms with Crippen molar-refractivity contribution < 1.29 is 9.21 Å². The van der Waals surface area contributed by atoms with Gasteiger partial charge in [-0.1, -0.05) is 12.1 Å². The van der Waals surface area contributed by atoms with Gasteiger partial charge in [-0.2, -0.15) is 0 Å². The predicted molar refractivity (Wildman–Crippen MR) is 50.8 cm³/mol. The van der Waals surface area contributed by atoms with Crippen LogP contribution in [0.2, 0.25) is 0 Å². The van der Waals surface area contributed by atoms with Crippen LogP contribution in [0.25, 0.3) is 0 Å². The third-order valence-electron chi connectivity index (χ3n) is 1.83. The van der Waals surface area contributed by atoms with Crippen molar-refractivity contribution in [3.63, 3.8) is 0 Å². The van der Waals surface area contributed by atoms with Crippen LogP contribution in [0.15, 0.2) is 41.1 Å². The highest BCUT2D eigenvalue weighted by Crippen LogP contribution is 2.14. The zero-order valence-electron chi connectivity index (χ0n) is 7.31. The Labute approximate surface area is 80.4 Å². The summed E-state index contributed by atoms with van der Waals surface area (Å²) in [6.45, 7) is 0. The van der Waals surface area contributed by atoms with Gasteiger partial charge in [0.15, 0.2) is 0 Å². The van der Waals surface area contributed by atoms with Crippen molar-refractivity contribution in [3.05, 3.63) is 48.2 Å². The molecule has 0 radical (unpaired) electrons.